The van der Waals surface area contributed by atoms with Gasteiger partial charge in [0.1, 0.15) is 11.6 Å². The van der Waals surface area contributed by atoms with E-state index in [2.05, 4.69) is 60.3 Å². The van der Waals surface area contributed by atoms with E-state index >= 15 is 0 Å². The van der Waals surface area contributed by atoms with Gasteiger partial charge in [-0.3, -0.25) is 9.97 Å². The molecule has 0 atom stereocenters. The van der Waals surface area contributed by atoms with E-state index in [0.29, 0.717) is 17.2 Å². The van der Waals surface area contributed by atoms with Crippen LogP contribution >= 0.6 is 28.7 Å². The summed E-state index contributed by atoms with van der Waals surface area (Å²) in [6.07, 6.45) is 3.12. The summed E-state index contributed by atoms with van der Waals surface area (Å²) in [5, 5.41) is 0. The van der Waals surface area contributed by atoms with Gasteiger partial charge in [-0.1, -0.05) is 35.5 Å². The Morgan fingerprint density at radius 2 is 1.70 bits per heavy atom. The topological polar surface area (TPSA) is 98.9 Å². The average molecular weight is 391 g/mol. The zero-order valence-corrected chi connectivity index (χ0v) is 13.7. The minimum absolute atomic E-state index is 0. The number of aromatic nitrogens is 2. The maximum Gasteiger partial charge on any atom is 0.229 e. The van der Waals surface area contributed by atoms with E-state index in [1.165, 1.54) is 0 Å². The van der Waals surface area contributed by atoms with Gasteiger partial charge in [0.15, 0.2) is 0 Å². The second-order valence-corrected chi connectivity index (χ2v) is 4.45. The Balaban J connectivity index is 0. The molecule has 0 bridgehead atoms. The van der Waals surface area contributed by atoms with E-state index < -0.39 is 0 Å². The third-order valence-electron chi connectivity index (χ3n) is 1.92. The summed E-state index contributed by atoms with van der Waals surface area (Å²) < 4.78 is 3.47. The van der Waals surface area contributed by atoms with Gasteiger partial charge < -0.3 is 11.5 Å². The van der Waals surface area contributed by atoms with Gasteiger partial charge in [-0.2, -0.15) is 0 Å². The molecule has 0 unspecified atom stereocenters. The fraction of sp³-hybridized carbons (Fsp3) is 0.0769. The molecule has 0 aliphatic carbocycles. The van der Waals surface area contributed by atoms with Crippen LogP contribution < -0.4 is 11.5 Å². The maximum absolute atomic E-state index is 6.67. The molecule has 0 saturated heterocycles. The Hall–Kier alpha value is -2.43. The molecule has 0 amide bonds. The van der Waals surface area contributed by atoms with Crippen LogP contribution in [0.25, 0.3) is 9.69 Å². The Kier molecular flexibility index (Phi) is 13.2. The molecule has 0 spiro atoms. The zero-order chi connectivity index (χ0) is 17.0. The fourth-order valence-corrected chi connectivity index (χ4v) is 1.35. The molecule has 0 aliphatic rings. The Bertz CT molecular complexity index is 712. The molecular weight excluding hydrogens is 377 g/mol. The summed E-state index contributed by atoms with van der Waals surface area (Å²) in [5.41, 5.74) is 11.5. The molecule has 0 saturated carbocycles. The van der Waals surface area contributed by atoms with E-state index in [1.54, 1.807) is 30.6 Å². The van der Waals surface area contributed by atoms with Crippen molar-refractivity contribution in [1.29, 1.82) is 0 Å². The zero-order valence-electron chi connectivity index (χ0n) is 11.2. The first-order chi connectivity index (χ1) is 10.5. The number of hydrogen-bond acceptors (Lipinski definition) is 6. The fourth-order valence-electron chi connectivity index (χ4n) is 1.03. The number of pyridine rings is 2. The quantitative estimate of drug-likeness (QED) is 0.359. The van der Waals surface area contributed by atoms with Crippen LogP contribution in [-0.2, 0) is 0 Å². The van der Waals surface area contributed by atoms with Crippen LogP contribution in [-0.4, -0.2) is 17.6 Å². The summed E-state index contributed by atoms with van der Waals surface area (Å²) >= 11 is 6.37. The number of hydrogen-bond donors (Lipinski definition) is 3. The van der Waals surface area contributed by atoms with Crippen LogP contribution in [0.1, 0.15) is 7.43 Å². The van der Waals surface area contributed by atoms with E-state index in [9.17, 15) is 0 Å². The first-order valence-electron chi connectivity index (χ1n) is 5.40. The van der Waals surface area contributed by atoms with Crippen molar-refractivity contribution >= 4 is 59.4 Å². The van der Waals surface area contributed by atoms with Crippen LogP contribution in [0.4, 0.5) is 23.0 Å². The van der Waals surface area contributed by atoms with Crippen molar-refractivity contribution in [1.82, 2.24) is 9.97 Å². The summed E-state index contributed by atoms with van der Waals surface area (Å²) in [7, 11) is 4.34. The summed E-state index contributed by atoms with van der Waals surface area (Å²) in [4.78, 5) is 13.8. The molecule has 2 aromatic rings. The molecule has 2 rings (SSSR count). The van der Waals surface area contributed by atoms with Gasteiger partial charge in [0, 0.05) is 16.9 Å². The van der Waals surface area contributed by atoms with E-state index in [-0.39, 0.29) is 13.2 Å². The number of nitrogens with zero attached hydrogens (tertiary/aromatic N) is 5. The van der Waals surface area contributed by atoms with Crippen molar-refractivity contribution in [3.63, 3.8) is 0 Å². The number of halogens is 1. The normalized spacial score (nSPS) is 7.61. The van der Waals surface area contributed by atoms with Crippen molar-refractivity contribution in [3.8, 4) is 0 Å². The summed E-state index contributed by atoms with van der Waals surface area (Å²) in [6, 6.07) is 4.95. The number of nitrogens with two attached hydrogens (primary N) is 2. The summed E-state index contributed by atoms with van der Waals surface area (Å²) in [6.45, 7) is 13.3. The molecule has 10 heteroatoms. The Morgan fingerprint density at radius 3 is 2.09 bits per heavy atom. The van der Waals surface area contributed by atoms with E-state index in [1.807, 2.05) is 0 Å². The van der Waals surface area contributed by atoms with Crippen molar-refractivity contribution in [3.05, 3.63) is 57.9 Å². The number of anilines is 2. The van der Waals surface area contributed by atoms with Gasteiger partial charge >= 0.3 is 24.8 Å². The van der Waals surface area contributed by atoms with Gasteiger partial charge in [0.05, 0.1) is 13.1 Å². The van der Waals surface area contributed by atoms with Gasteiger partial charge in [-0.15, -0.1) is 0 Å². The van der Waals surface area contributed by atoms with E-state index in [0.717, 1.165) is 4.47 Å². The van der Waals surface area contributed by atoms with Crippen LogP contribution in [0.3, 0.4) is 0 Å². The molecule has 4 N–H and O–H groups in total. The predicted octanol–water partition coefficient (Wildman–Crippen LogP) is 4.01. The van der Waals surface area contributed by atoms with Crippen molar-refractivity contribution in [2.45, 2.75) is 7.43 Å². The molecule has 0 fully saturated rings. The van der Waals surface area contributed by atoms with Crippen molar-refractivity contribution in [2.75, 3.05) is 11.5 Å². The van der Waals surface area contributed by atoms with Crippen molar-refractivity contribution < 1.29 is 0 Å². The third kappa shape index (κ3) is 9.24. The molecule has 1 radical (unpaired) electrons. The van der Waals surface area contributed by atoms with Gasteiger partial charge in [0.2, 0.25) is 11.4 Å². The largest absolute Gasteiger partial charge is 0.392 e. The van der Waals surface area contributed by atoms with Gasteiger partial charge in [0.25, 0.3) is 0 Å². The molecule has 0 aromatic carbocycles. The molecule has 2 aromatic heterocycles. The van der Waals surface area contributed by atoms with Gasteiger partial charge in [-0.25, -0.2) is 9.69 Å². The maximum atomic E-state index is 6.67. The van der Waals surface area contributed by atoms with Crippen LogP contribution in [0.2, 0.25) is 0 Å². The van der Waals surface area contributed by atoms with Gasteiger partial charge in [-0.05, 0) is 6.07 Å². The monoisotopic (exact) mass is 390 g/mol. The second-order valence-electron chi connectivity index (χ2n) is 3.30. The van der Waals surface area contributed by atoms with Crippen LogP contribution in [0.5, 0.6) is 0 Å². The molecule has 0 aliphatic heterocycles. The van der Waals surface area contributed by atoms with Crippen molar-refractivity contribution in [2.24, 2.45) is 4.30 Å². The standard InChI is InChI=1S/C6H4BrN3.C6H5N3.CH4.BHNS/c1-9-5-2-4(7)3-10-6(5)8;1-8-5-3-2-4-9-6(5)7;;1-2-3/h2-3H,(H2,8,10);2-4H,(H2,7,9);1H4;3H. The SMILES string of the molecule is C.[B]=NS.[C-]#[N+]c1cc(Br)cnc1N.[C-]#[N+]c1cccnc1N. The average Bonchev–Trinajstić information content (AvgIpc) is 2.51. The van der Waals surface area contributed by atoms with E-state index in [4.69, 9.17) is 24.6 Å². The smallest absolute Gasteiger partial charge is 0.229 e. The predicted molar refractivity (Wildman–Crippen MR) is 101 cm³/mol. The first kappa shape index (κ1) is 22.8. The molecule has 2 heterocycles. The third-order valence-corrected chi connectivity index (χ3v) is 2.35. The first-order valence-corrected chi connectivity index (χ1v) is 6.60. The minimum Gasteiger partial charge on any atom is -0.392 e. The van der Waals surface area contributed by atoms with Crippen LogP contribution in [0, 0.1) is 13.1 Å². The Labute approximate surface area is 150 Å². The minimum atomic E-state index is 0. The molecule has 117 valence electrons. The molecular formula is C13H14BBrN7S. The number of thiol groups is 1. The Morgan fingerprint density at radius 1 is 1.17 bits per heavy atom. The number of rotatable bonds is 0. The summed E-state index contributed by atoms with van der Waals surface area (Å²) in [5.74, 6) is 0.575. The number of nitrogen functional groups attached to an aromatic ring is 2. The second kappa shape index (κ2) is 13.3. The molecule has 7 nitrogen and oxygen atoms in total. The molecule has 23 heavy (non-hydrogen) atoms. The van der Waals surface area contributed by atoms with Crippen LogP contribution in [0.15, 0.2) is 39.4 Å².